The summed E-state index contributed by atoms with van der Waals surface area (Å²) in [5.41, 5.74) is 5.66. The number of nitrogens with zero attached hydrogens (tertiary/aromatic N) is 3. The third-order valence-electron chi connectivity index (χ3n) is 6.08. The molecule has 0 saturated carbocycles. The van der Waals surface area contributed by atoms with Gasteiger partial charge in [0, 0.05) is 36.6 Å². The Kier molecular flexibility index (Phi) is 4.99. The van der Waals surface area contributed by atoms with Gasteiger partial charge in [-0.3, -0.25) is 4.79 Å². The standard InChI is InChI=1S/C24H25FN4O/c25-18-8-12-20(13-9-18)29-22-5-3-4-21(22)23(27-29)24(30)26-16-17-6-10-19(11-7-17)28-14-1-2-15-28/h6-13H,1-5,14-16H2,(H,26,30). The molecular weight excluding hydrogens is 379 g/mol. The Morgan fingerprint density at radius 1 is 0.933 bits per heavy atom. The number of rotatable bonds is 5. The molecule has 1 saturated heterocycles. The molecule has 30 heavy (non-hydrogen) atoms. The zero-order chi connectivity index (χ0) is 20.5. The lowest BCUT2D eigenvalue weighted by Gasteiger charge is -2.17. The maximum Gasteiger partial charge on any atom is 0.272 e. The maximum absolute atomic E-state index is 13.3. The molecule has 0 bridgehead atoms. The largest absolute Gasteiger partial charge is 0.372 e. The average molecular weight is 404 g/mol. The number of hydrogen-bond acceptors (Lipinski definition) is 3. The van der Waals surface area contributed by atoms with E-state index in [2.05, 4.69) is 39.6 Å². The van der Waals surface area contributed by atoms with Crippen LogP contribution in [0.3, 0.4) is 0 Å². The Hall–Kier alpha value is -3.15. The van der Waals surface area contributed by atoms with Crippen LogP contribution in [0, 0.1) is 5.82 Å². The van der Waals surface area contributed by atoms with Crippen molar-refractivity contribution in [2.75, 3.05) is 18.0 Å². The Morgan fingerprint density at radius 2 is 1.63 bits per heavy atom. The van der Waals surface area contributed by atoms with E-state index in [9.17, 15) is 9.18 Å². The number of amides is 1. The fraction of sp³-hybridized carbons (Fsp3) is 0.333. The highest BCUT2D eigenvalue weighted by atomic mass is 19.1. The second-order valence-electron chi connectivity index (χ2n) is 8.06. The van der Waals surface area contributed by atoms with Crippen molar-refractivity contribution >= 4 is 11.6 Å². The molecule has 1 amide bonds. The first kappa shape index (κ1) is 18.9. The maximum atomic E-state index is 13.3. The van der Waals surface area contributed by atoms with Gasteiger partial charge < -0.3 is 10.2 Å². The third-order valence-corrected chi connectivity index (χ3v) is 6.08. The Morgan fingerprint density at radius 3 is 2.37 bits per heavy atom. The number of aromatic nitrogens is 2. The zero-order valence-electron chi connectivity index (χ0n) is 16.9. The van der Waals surface area contributed by atoms with Crippen molar-refractivity contribution in [1.82, 2.24) is 15.1 Å². The van der Waals surface area contributed by atoms with E-state index in [1.165, 1.54) is 30.7 Å². The molecular formula is C24H25FN4O. The summed E-state index contributed by atoms with van der Waals surface area (Å²) < 4.78 is 15.1. The summed E-state index contributed by atoms with van der Waals surface area (Å²) in [7, 11) is 0. The first-order valence-corrected chi connectivity index (χ1v) is 10.7. The highest BCUT2D eigenvalue weighted by Crippen LogP contribution is 2.28. The third kappa shape index (κ3) is 3.58. The molecule has 2 aliphatic rings. The van der Waals surface area contributed by atoms with E-state index >= 15 is 0 Å². The van der Waals surface area contributed by atoms with Gasteiger partial charge in [-0.15, -0.1) is 0 Å². The molecule has 3 aromatic rings. The lowest BCUT2D eigenvalue weighted by atomic mass is 10.1. The summed E-state index contributed by atoms with van der Waals surface area (Å²) in [5.74, 6) is -0.436. The molecule has 1 aromatic heterocycles. The van der Waals surface area contributed by atoms with E-state index in [0.717, 1.165) is 54.9 Å². The predicted octanol–water partition coefficient (Wildman–Crippen LogP) is 4.03. The molecule has 154 valence electrons. The SMILES string of the molecule is O=C(NCc1ccc(N2CCCC2)cc1)c1nn(-c2ccc(F)cc2)c2c1CCC2. The van der Waals surface area contributed by atoms with Crippen LogP contribution in [-0.2, 0) is 19.4 Å². The minimum atomic E-state index is -0.281. The van der Waals surface area contributed by atoms with Crippen LogP contribution in [0.2, 0.25) is 0 Å². The summed E-state index contributed by atoms with van der Waals surface area (Å²) in [6.45, 7) is 2.72. The van der Waals surface area contributed by atoms with Crippen LogP contribution in [0.25, 0.3) is 5.69 Å². The Labute approximate surface area is 175 Å². The lowest BCUT2D eigenvalue weighted by Crippen LogP contribution is -2.24. The fourth-order valence-electron chi connectivity index (χ4n) is 4.48. The molecule has 5 nitrogen and oxygen atoms in total. The molecule has 5 rings (SSSR count). The number of carbonyl (C=O) groups excluding carboxylic acids is 1. The van der Waals surface area contributed by atoms with Crippen LogP contribution in [-0.4, -0.2) is 28.8 Å². The van der Waals surface area contributed by atoms with Crippen molar-refractivity contribution in [2.24, 2.45) is 0 Å². The first-order valence-electron chi connectivity index (χ1n) is 10.7. The van der Waals surface area contributed by atoms with Crippen LogP contribution >= 0.6 is 0 Å². The normalized spacial score (nSPS) is 15.4. The van der Waals surface area contributed by atoms with Gasteiger partial charge in [-0.05, 0) is 74.1 Å². The molecule has 1 fully saturated rings. The predicted molar refractivity (Wildman–Crippen MR) is 115 cm³/mol. The van der Waals surface area contributed by atoms with Crippen molar-refractivity contribution in [3.05, 3.63) is 76.9 Å². The van der Waals surface area contributed by atoms with Gasteiger partial charge in [-0.1, -0.05) is 12.1 Å². The van der Waals surface area contributed by atoms with Crippen LogP contribution in [0.5, 0.6) is 0 Å². The van der Waals surface area contributed by atoms with Crippen molar-refractivity contribution in [3.63, 3.8) is 0 Å². The van der Waals surface area contributed by atoms with Gasteiger partial charge in [0.2, 0.25) is 0 Å². The number of nitrogens with one attached hydrogen (secondary N) is 1. The van der Waals surface area contributed by atoms with Gasteiger partial charge in [-0.25, -0.2) is 9.07 Å². The van der Waals surface area contributed by atoms with Crippen LogP contribution < -0.4 is 10.2 Å². The monoisotopic (exact) mass is 404 g/mol. The highest BCUT2D eigenvalue weighted by Gasteiger charge is 2.26. The second-order valence-corrected chi connectivity index (χ2v) is 8.06. The number of anilines is 1. The van der Waals surface area contributed by atoms with E-state index in [0.29, 0.717) is 12.2 Å². The first-order chi connectivity index (χ1) is 14.7. The van der Waals surface area contributed by atoms with Crippen molar-refractivity contribution in [1.29, 1.82) is 0 Å². The number of carbonyl (C=O) groups is 1. The molecule has 1 aliphatic heterocycles. The Bertz CT molecular complexity index is 1050. The summed E-state index contributed by atoms with van der Waals surface area (Å²) in [6, 6.07) is 14.7. The number of halogens is 1. The molecule has 1 aliphatic carbocycles. The smallest absolute Gasteiger partial charge is 0.272 e. The topological polar surface area (TPSA) is 50.2 Å². The van der Waals surface area contributed by atoms with Gasteiger partial charge >= 0.3 is 0 Å². The highest BCUT2D eigenvalue weighted by molar-refractivity contribution is 5.94. The number of hydrogen-bond donors (Lipinski definition) is 1. The van der Waals surface area contributed by atoms with Gasteiger partial charge in [-0.2, -0.15) is 5.10 Å². The number of fused-ring (bicyclic) bond motifs is 1. The molecule has 2 aromatic carbocycles. The van der Waals surface area contributed by atoms with Gasteiger partial charge in [0.05, 0.1) is 5.69 Å². The van der Waals surface area contributed by atoms with Crippen molar-refractivity contribution < 1.29 is 9.18 Å². The molecule has 6 heteroatoms. The van der Waals surface area contributed by atoms with E-state index in [1.807, 2.05) is 0 Å². The van der Waals surface area contributed by atoms with Crippen LogP contribution in [0.1, 0.15) is 46.6 Å². The quantitative estimate of drug-likeness (QED) is 0.699. The molecule has 0 unspecified atom stereocenters. The summed E-state index contributed by atoms with van der Waals surface area (Å²) in [5, 5.41) is 7.61. The number of benzene rings is 2. The van der Waals surface area contributed by atoms with Crippen LogP contribution in [0.15, 0.2) is 48.5 Å². The fourth-order valence-corrected chi connectivity index (χ4v) is 4.48. The van der Waals surface area contributed by atoms with Crippen molar-refractivity contribution in [3.8, 4) is 5.69 Å². The lowest BCUT2D eigenvalue weighted by molar-refractivity contribution is 0.0944. The summed E-state index contributed by atoms with van der Waals surface area (Å²) in [4.78, 5) is 15.3. The minimum absolute atomic E-state index is 0.155. The van der Waals surface area contributed by atoms with E-state index in [-0.39, 0.29) is 11.7 Å². The van der Waals surface area contributed by atoms with E-state index in [4.69, 9.17) is 0 Å². The average Bonchev–Trinajstić information content (AvgIpc) is 3.51. The zero-order valence-corrected chi connectivity index (χ0v) is 16.9. The molecule has 1 N–H and O–H groups in total. The molecule has 0 atom stereocenters. The van der Waals surface area contributed by atoms with E-state index < -0.39 is 0 Å². The molecule has 2 heterocycles. The van der Waals surface area contributed by atoms with Gasteiger partial charge in [0.15, 0.2) is 5.69 Å². The second kappa shape index (κ2) is 7.94. The van der Waals surface area contributed by atoms with Crippen LogP contribution in [0.4, 0.5) is 10.1 Å². The molecule has 0 spiro atoms. The summed E-state index contributed by atoms with van der Waals surface area (Å²) in [6.07, 6.45) is 5.25. The van der Waals surface area contributed by atoms with Gasteiger partial charge in [0.25, 0.3) is 5.91 Å². The van der Waals surface area contributed by atoms with Gasteiger partial charge in [0.1, 0.15) is 5.82 Å². The van der Waals surface area contributed by atoms with E-state index in [1.54, 1.807) is 16.8 Å². The summed E-state index contributed by atoms with van der Waals surface area (Å²) >= 11 is 0. The molecule has 0 radical (unpaired) electrons. The van der Waals surface area contributed by atoms with Crippen molar-refractivity contribution in [2.45, 2.75) is 38.6 Å². The minimum Gasteiger partial charge on any atom is -0.372 e. The Balaban J connectivity index is 1.30.